The van der Waals surface area contributed by atoms with Crippen LogP contribution in [-0.4, -0.2) is 19.2 Å². The Morgan fingerprint density at radius 3 is 2.11 bits per heavy atom. The molecule has 18 heavy (non-hydrogen) atoms. The lowest BCUT2D eigenvalue weighted by Gasteiger charge is -2.08. The molecule has 0 spiro atoms. The van der Waals surface area contributed by atoms with Gasteiger partial charge in [-0.1, -0.05) is 65.7 Å². The lowest BCUT2D eigenvalue weighted by molar-refractivity contribution is 0.142. The van der Waals surface area contributed by atoms with Crippen LogP contribution in [0, 0.1) is 5.92 Å². The Balaban J connectivity index is 3.12. The summed E-state index contributed by atoms with van der Waals surface area (Å²) in [4.78, 5) is 11.2. The molecule has 0 unspecified atom stereocenters. The van der Waals surface area contributed by atoms with Gasteiger partial charge in [-0.2, -0.15) is 0 Å². The molecule has 0 aliphatic heterocycles. The zero-order chi connectivity index (χ0) is 13.6. The normalized spacial score (nSPS) is 10.7. The number of unbranched alkanes of at least 4 members (excludes halogenated alkanes) is 7. The van der Waals surface area contributed by atoms with Crippen LogP contribution in [0.1, 0.15) is 72.1 Å². The molecule has 0 fully saturated rings. The van der Waals surface area contributed by atoms with Gasteiger partial charge in [0, 0.05) is 6.54 Å². The highest BCUT2D eigenvalue weighted by molar-refractivity contribution is 5.66. The first-order chi connectivity index (χ1) is 8.66. The van der Waals surface area contributed by atoms with Crippen LogP contribution < -0.4 is 5.32 Å². The van der Waals surface area contributed by atoms with Crippen LogP contribution in [0.15, 0.2) is 0 Å². The number of carbonyl (C=O) groups excluding carboxylic acids is 1. The first-order valence-electron chi connectivity index (χ1n) is 7.57. The third kappa shape index (κ3) is 13.3. The van der Waals surface area contributed by atoms with Crippen molar-refractivity contribution >= 4 is 6.09 Å². The number of nitrogens with one attached hydrogen (secondary N) is 1. The second-order valence-electron chi connectivity index (χ2n) is 5.39. The van der Waals surface area contributed by atoms with Crippen molar-refractivity contribution < 1.29 is 9.53 Å². The summed E-state index contributed by atoms with van der Waals surface area (Å²) in [6.45, 7) is 7.62. The van der Waals surface area contributed by atoms with Gasteiger partial charge >= 0.3 is 6.09 Å². The maximum absolute atomic E-state index is 11.2. The number of rotatable bonds is 11. The van der Waals surface area contributed by atoms with E-state index in [2.05, 4.69) is 26.1 Å². The van der Waals surface area contributed by atoms with Crippen LogP contribution in [0.4, 0.5) is 4.79 Å². The zero-order valence-electron chi connectivity index (χ0n) is 12.5. The largest absolute Gasteiger partial charge is 0.450 e. The van der Waals surface area contributed by atoms with Crippen molar-refractivity contribution in [1.29, 1.82) is 0 Å². The molecular weight excluding hydrogens is 226 g/mol. The van der Waals surface area contributed by atoms with E-state index >= 15 is 0 Å². The third-order valence-corrected chi connectivity index (χ3v) is 2.89. The molecule has 108 valence electrons. The highest BCUT2D eigenvalue weighted by Crippen LogP contribution is 2.08. The number of ether oxygens (including phenoxy) is 1. The van der Waals surface area contributed by atoms with E-state index in [1.807, 2.05) is 0 Å². The molecule has 0 saturated heterocycles. The topological polar surface area (TPSA) is 38.3 Å². The van der Waals surface area contributed by atoms with E-state index in [1.165, 1.54) is 44.9 Å². The molecule has 1 amide bonds. The van der Waals surface area contributed by atoms with Crippen LogP contribution in [0.5, 0.6) is 0 Å². The molecule has 0 heterocycles. The Morgan fingerprint density at radius 2 is 1.56 bits per heavy atom. The van der Waals surface area contributed by atoms with Gasteiger partial charge in [-0.05, 0) is 12.3 Å². The SMILES string of the molecule is CCCCCCCCCCOC(=O)NCC(C)C. The van der Waals surface area contributed by atoms with Crippen molar-refractivity contribution in [2.45, 2.75) is 72.1 Å². The van der Waals surface area contributed by atoms with E-state index in [9.17, 15) is 4.79 Å². The molecule has 0 bridgehead atoms. The highest BCUT2D eigenvalue weighted by Gasteiger charge is 2.01. The second-order valence-corrected chi connectivity index (χ2v) is 5.39. The molecule has 0 atom stereocenters. The van der Waals surface area contributed by atoms with Gasteiger partial charge in [-0.15, -0.1) is 0 Å². The average molecular weight is 257 g/mol. The summed E-state index contributed by atoms with van der Waals surface area (Å²) in [5.74, 6) is 0.473. The molecule has 0 rings (SSSR count). The fourth-order valence-electron chi connectivity index (χ4n) is 1.74. The summed E-state index contributed by atoms with van der Waals surface area (Å²) in [6, 6.07) is 0. The van der Waals surface area contributed by atoms with E-state index in [0.29, 0.717) is 19.1 Å². The van der Waals surface area contributed by atoms with Crippen molar-refractivity contribution in [3.05, 3.63) is 0 Å². The Bertz CT molecular complexity index is 193. The average Bonchev–Trinajstić information content (AvgIpc) is 2.34. The molecule has 1 N–H and O–H groups in total. The zero-order valence-corrected chi connectivity index (χ0v) is 12.5. The molecule has 0 radical (unpaired) electrons. The van der Waals surface area contributed by atoms with Crippen molar-refractivity contribution in [1.82, 2.24) is 5.32 Å². The van der Waals surface area contributed by atoms with Crippen molar-refractivity contribution in [3.8, 4) is 0 Å². The summed E-state index contributed by atoms with van der Waals surface area (Å²) >= 11 is 0. The van der Waals surface area contributed by atoms with Crippen LogP contribution >= 0.6 is 0 Å². The molecule has 0 aromatic heterocycles. The first kappa shape index (κ1) is 17.3. The molecule has 0 aliphatic carbocycles. The molecule has 0 saturated carbocycles. The quantitative estimate of drug-likeness (QED) is 0.553. The summed E-state index contributed by atoms with van der Waals surface area (Å²) in [5.41, 5.74) is 0. The van der Waals surface area contributed by atoms with Gasteiger partial charge in [0.05, 0.1) is 6.61 Å². The predicted molar refractivity (Wildman–Crippen MR) is 76.8 cm³/mol. The molecular formula is C15H31NO2. The smallest absolute Gasteiger partial charge is 0.407 e. The highest BCUT2D eigenvalue weighted by atomic mass is 16.5. The Morgan fingerprint density at radius 1 is 1.00 bits per heavy atom. The van der Waals surface area contributed by atoms with Crippen LogP contribution in [0.2, 0.25) is 0 Å². The Kier molecular flexibility index (Phi) is 12.2. The van der Waals surface area contributed by atoms with Gasteiger partial charge in [0.15, 0.2) is 0 Å². The number of hydrogen-bond acceptors (Lipinski definition) is 2. The fourth-order valence-corrected chi connectivity index (χ4v) is 1.74. The number of alkyl carbamates (subject to hydrolysis) is 1. The van der Waals surface area contributed by atoms with E-state index in [4.69, 9.17) is 4.74 Å². The van der Waals surface area contributed by atoms with Crippen molar-refractivity contribution in [2.24, 2.45) is 5.92 Å². The number of hydrogen-bond donors (Lipinski definition) is 1. The monoisotopic (exact) mass is 257 g/mol. The summed E-state index contributed by atoms with van der Waals surface area (Å²) < 4.78 is 5.09. The van der Waals surface area contributed by atoms with E-state index in [0.717, 1.165) is 6.42 Å². The van der Waals surface area contributed by atoms with E-state index in [1.54, 1.807) is 0 Å². The Labute approximate surface area is 113 Å². The van der Waals surface area contributed by atoms with Crippen molar-refractivity contribution in [3.63, 3.8) is 0 Å². The summed E-state index contributed by atoms with van der Waals surface area (Å²) in [6.07, 6.45) is 9.85. The first-order valence-corrected chi connectivity index (χ1v) is 7.57. The second kappa shape index (κ2) is 12.7. The maximum atomic E-state index is 11.2. The lowest BCUT2D eigenvalue weighted by atomic mass is 10.1. The minimum atomic E-state index is -0.272. The molecule has 0 aliphatic rings. The third-order valence-electron chi connectivity index (χ3n) is 2.89. The minimum Gasteiger partial charge on any atom is -0.450 e. The minimum absolute atomic E-state index is 0.272. The van der Waals surface area contributed by atoms with Crippen LogP contribution in [-0.2, 0) is 4.74 Å². The van der Waals surface area contributed by atoms with Gasteiger partial charge in [0.1, 0.15) is 0 Å². The van der Waals surface area contributed by atoms with Gasteiger partial charge in [0.2, 0.25) is 0 Å². The Hall–Kier alpha value is -0.730. The fraction of sp³-hybridized carbons (Fsp3) is 0.933. The lowest BCUT2D eigenvalue weighted by Crippen LogP contribution is -2.28. The molecule has 3 heteroatoms. The molecule has 0 aromatic rings. The summed E-state index contributed by atoms with van der Waals surface area (Å²) in [7, 11) is 0. The number of carbonyl (C=O) groups is 1. The van der Waals surface area contributed by atoms with Crippen LogP contribution in [0.25, 0.3) is 0 Å². The predicted octanol–water partition coefficient (Wildman–Crippen LogP) is 4.51. The summed E-state index contributed by atoms with van der Waals surface area (Å²) in [5, 5.41) is 2.75. The maximum Gasteiger partial charge on any atom is 0.407 e. The van der Waals surface area contributed by atoms with Crippen LogP contribution in [0.3, 0.4) is 0 Å². The van der Waals surface area contributed by atoms with E-state index in [-0.39, 0.29) is 6.09 Å². The molecule has 3 nitrogen and oxygen atoms in total. The molecule has 0 aromatic carbocycles. The van der Waals surface area contributed by atoms with Gasteiger partial charge in [-0.3, -0.25) is 0 Å². The van der Waals surface area contributed by atoms with Gasteiger partial charge in [0.25, 0.3) is 0 Å². The van der Waals surface area contributed by atoms with Gasteiger partial charge < -0.3 is 10.1 Å². The van der Waals surface area contributed by atoms with Gasteiger partial charge in [-0.25, -0.2) is 4.79 Å². The van der Waals surface area contributed by atoms with E-state index < -0.39 is 0 Å². The van der Waals surface area contributed by atoms with Crippen molar-refractivity contribution in [2.75, 3.05) is 13.2 Å². The number of amides is 1. The standard InChI is InChI=1S/C15H31NO2/c1-4-5-6-7-8-9-10-11-12-18-15(17)16-13-14(2)3/h14H,4-13H2,1-3H3,(H,16,17).